The number of aromatic nitrogens is 1. The Labute approximate surface area is 211 Å². The number of aromatic amines is 1. The standard InChI is InChI=1S/C29H33N3O4/c1-19(30-16-28(35)22-9-11-27(34)24(14-22)18-33)12-21-8-10-25-23(13-21)15-26(31-25)29(36)32(2)17-20-6-4-3-5-7-20/h3-11,13-15,19,28,30-31,33-35H,12,16-18H2,1-2H3/t19-,28+/m1/s1. The first kappa shape index (κ1) is 25.4. The van der Waals surface area contributed by atoms with Crippen molar-refractivity contribution in [1.82, 2.24) is 15.2 Å². The van der Waals surface area contributed by atoms with Gasteiger partial charge in [0.2, 0.25) is 0 Å². The average Bonchev–Trinajstić information content (AvgIpc) is 3.31. The molecule has 2 atom stereocenters. The molecule has 1 aromatic heterocycles. The van der Waals surface area contributed by atoms with Gasteiger partial charge in [0.15, 0.2) is 0 Å². The molecule has 0 fully saturated rings. The van der Waals surface area contributed by atoms with Crippen LogP contribution >= 0.6 is 0 Å². The van der Waals surface area contributed by atoms with Gasteiger partial charge in [-0.05, 0) is 60.4 Å². The topological polar surface area (TPSA) is 109 Å². The van der Waals surface area contributed by atoms with Crippen LogP contribution in [0.1, 0.15) is 45.8 Å². The molecule has 4 aromatic rings. The van der Waals surface area contributed by atoms with Gasteiger partial charge in [-0.2, -0.15) is 0 Å². The quantitative estimate of drug-likeness (QED) is 0.233. The van der Waals surface area contributed by atoms with E-state index in [1.807, 2.05) is 48.5 Å². The highest BCUT2D eigenvalue weighted by Crippen LogP contribution is 2.23. The third-order valence-electron chi connectivity index (χ3n) is 6.39. The molecule has 0 bridgehead atoms. The van der Waals surface area contributed by atoms with Gasteiger partial charge in [-0.3, -0.25) is 4.79 Å². The maximum Gasteiger partial charge on any atom is 0.270 e. The molecule has 0 aliphatic heterocycles. The summed E-state index contributed by atoms with van der Waals surface area (Å²) in [6, 6.07) is 22.8. The maximum atomic E-state index is 12.9. The number of nitrogens with zero attached hydrogens (tertiary/aromatic N) is 1. The summed E-state index contributed by atoms with van der Waals surface area (Å²) in [5.41, 5.74) is 4.71. The normalized spacial score (nSPS) is 13.0. The second kappa shape index (κ2) is 11.4. The Morgan fingerprint density at radius 1 is 1.03 bits per heavy atom. The highest BCUT2D eigenvalue weighted by atomic mass is 16.3. The largest absolute Gasteiger partial charge is 0.508 e. The molecule has 7 nitrogen and oxygen atoms in total. The van der Waals surface area contributed by atoms with Gasteiger partial charge < -0.3 is 30.5 Å². The summed E-state index contributed by atoms with van der Waals surface area (Å²) in [5.74, 6) is -0.0400. The lowest BCUT2D eigenvalue weighted by Crippen LogP contribution is -2.32. The minimum atomic E-state index is -0.757. The van der Waals surface area contributed by atoms with Gasteiger partial charge in [0, 0.05) is 42.6 Å². The van der Waals surface area contributed by atoms with Crippen LogP contribution in [-0.2, 0) is 19.6 Å². The molecule has 0 aliphatic carbocycles. The smallest absolute Gasteiger partial charge is 0.270 e. The second-order valence-electron chi connectivity index (χ2n) is 9.33. The zero-order chi connectivity index (χ0) is 25.7. The van der Waals surface area contributed by atoms with E-state index >= 15 is 0 Å². The van der Waals surface area contributed by atoms with Crippen molar-refractivity contribution in [3.63, 3.8) is 0 Å². The minimum absolute atomic E-state index is 0.0163. The minimum Gasteiger partial charge on any atom is -0.508 e. The molecule has 0 aliphatic rings. The SMILES string of the molecule is C[C@H](Cc1ccc2[nH]c(C(=O)N(C)Cc3ccccc3)cc2c1)NC[C@H](O)c1ccc(O)c(CO)c1. The number of rotatable bonds is 10. The highest BCUT2D eigenvalue weighted by molar-refractivity contribution is 5.98. The molecule has 1 amide bonds. The van der Waals surface area contributed by atoms with E-state index in [2.05, 4.69) is 23.3 Å². The monoisotopic (exact) mass is 487 g/mol. The number of benzene rings is 3. The number of phenols is 1. The summed E-state index contributed by atoms with van der Waals surface area (Å²) in [4.78, 5) is 17.9. The van der Waals surface area contributed by atoms with Gasteiger partial charge in [0.25, 0.3) is 5.91 Å². The molecule has 4 rings (SSSR count). The van der Waals surface area contributed by atoms with Crippen molar-refractivity contribution in [3.05, 3.63) is 101 Å². The number of carbonyl (C=O) groups excluding carboxylic acids is 1. The predicted octanol–water partition coefficient (Wildman–Crippen LogP) is 3.89. The fourth-order valence-electron chi connectivity index (χ4n) is 4.35. The summed E-state index contributed by atoms with van der Waals surface area (Å²) in [5, 5.41) is 33.9. The number of aliphatic hydroxyl groups is 2. The summed E-state index contributed by atoms with van der Waals surface area (Å²) >= 11 is 0. The summed E-state index contributed by atoms with van der Waals surface area (Å²) in [6.07, 6.45) is -0.00498. The number of amides is 1. The Morgan fingerprint density at radius 2 is 1.81 bits per heavy atom. The van der Waals surface area contributed by atoms with E-state index in [-0.39, 0.29) is 24.3 Å². The highest BCUT2D eigenvalue weighted by Gasteiger charge is 2.16. The summed E-state index contributed by atoms with van der Waals surface area (Å²) in [7, 11) is 1.80. The Kier molecular flexibility index (Phi) is 8.05. The second-order valence-corrected chi connectivity index (χ2v) is 9.33. The van der Waals surface area contributed by atoms with Crippen molar-refractivity contribution in [2.75, 3.05) is 13.6 Å². The van der Waals surface area contributed by atoms with Crippen LogP contribution in [0.3, 0.4) is 0 Å². The molecule has 0 spiro atoms. The molecule has 0 unspecified atom stereocenters. The maximum absolute atomic E-state index is 12.9. The van der Waals surface area contributed by atoms with Crippen LogP contribution in [0.4, 0.5) is 0 Å². The molecule has 36 heavy (non-hydrogen) atoms. The number of aliphatic hydroxyl groups excluding tert-OH is 2. The van der Waals surface area contributed by atoms with Crippen LogP contribution in [0.15, 0.2) is 72.8 Å². The van der Waals surface area contributed by atoms with E-state index in [1.54, 1.807) is 24.1 Å². The lowest BCUT2D eigenvalue weighted by Gasteiger charge is -2.18. The van der Waals surface area contributed by atoms with Gasteiger partial charge in [0.1, 0.15) is 11.4 Å². The van der Waals surface area contributed by atoms with Crippen molar-refractivity contribution < 1.29 is 20.1 Å². The van der Waals surface area contributed by atoms with Crippen molar-refractivity contribution in [2.24, 2.45) is 0 Å². The number of aromatic hydroxyl groups is 1. The summed E-state index contributed by atoms with van der Waals surface area (Å²) in [6.45, 7) is 2.66. The first-order valence-corrected chi connectivity index (χ1v) is 12.1. The molecule has 0 saturated carbocycles. The first-order chi connectivity index (χ1) is 17.3. The molecule has 0 radical (unpaired) electrons. The van der Waals surface area contributed by atoms with Crippen LogP contribution in [-0.4, -0.2) is 50.7 Å². The van der Waals surface area contributed by atoms with Crippen LogP contribution < -0.4 is 5.32 Å². The molecule has 188 valence electrons. The lowest BCUT2D eigenvalue weighted by molar-refractivity contribution is 0.0780. The van der Waals surface area contributed by atoms with Gasteiger partial charge in [-0.25, -0.2) is 0 Å². The van der Waals surface area contributed by atoms with Crippen molar-refractivity contribution in [2.45, 2.75) is 38.6 Å². The van der Waals surface area contributed by atoms with Crippen LogP contribution in [0.5, 0.6) is 5.75 Å². The fourth-order valence-corrected chi connectivity index (χ4v) is 4.35. The van der Waals surface area contributed by atoms with E-state index < -0.39 is 6.10 Å². The van der Waals surface area contributed by atoms with E-state index in [0.29, 0.717) is 29.9 Å². The molecular formula is C29H33N3O4. The first-order valence-electron chi connectivity index (χ1n) is 12.1. The van der Waals surface area contributed by atoms with E-state index in [0.717, 1.165) is 28.5 Å². The Morgan fingerprint density at radius 3 is 2.56 bits per heavy atom. The third-order valence-corrected chi connectivity index (χ3v) is 6.39. The van der Waals surface area contributed by atoms with Gasteiger partial charge in [-0.1, -0.05) is 42.5 Å². The number of hydrogen-bond donors (Lipinski definition) is 5. The molecular weight excluding hydrogens is 454 g/mol. The summed E-state index contributed by atoms with van der Waals surface area (Å²) < 4.78 is 0. The van der Waals surface area contributed by atoms with Crippen molar-refractivity contribution >= 4 is 16.8 Å². The van der Waals surface area contributed by atoms with Crippen LogP contribution in [0.2, 0.25) is 0 Å². The number of carbonyl (C=O) groups is 1. The number of H-pyrrole nitrogens is 1. The van der Waals surface area contributed by atoms with Crippen molar-refractivity contribution in [3.8, 4) is 5.75 Å². The molecule has 0 saturated heterocycles. The van der Waals surface area contributed by atoms with E-state index in [4.69, 9.17) is 0 Å². The van der Waals surface area contributed by atoms with Crippen LogP contribution in [0, 0.1) is 0 Å². The van der Waals surface area contributed by atoms with E-state index in [9.17, 15) is 20.1 Å². The zero-order valence-electron chi connectivity index (χ0n) is 20.6. The fraction of sp³-hybridized carbons (Fsp3) is 0.276. The Hall–Kier alpha value is -3.65. The Balaban J connectivity index is 1.35. The molecule has 5 N–H and O–H groups in total. The molecule has 1 heterocycles. The average molecular weight is 488 g/mol. The number of nitrogens with one attached hydrogen (secondary N) is 2. The zero-order valence-corrected chi connectivity index (χ0v) is 20.6. The third kappa shape index (κ3) is 6.12. The van der Waals surface area contributed by atoms with E-state index in [1.165, 1.54) is 6.07 Å². The van der Waals surface area contributed by atoms with Crippen LogP contribution in [0.25, 0.3) is 10.9 Å². The van der Waals surface area contributed by atoms with Gasteiger partial charge in [0.05, 0.1) is 12.7 Å². The lowest BCUT2D eigenvalue weighted by atomic mass is 10.0. The Bertz CT molecular complexity index is 1320. The molecule has 3 aromatic carbocycles. The molecule has 7 heteroatoms. The predicted molar refractivity (Wildman–Crippen MR) is 141 cm³/mol. The number of fused-ring (bicyclic) bond motifs is 1. The number of hydrogen-bond acceptors (Lipinski definition) is 5. The van der Waals surface area contributed by atoms with Gasteiger partial charge in [-0.15, -0.1) is 0 Å². The van der Waals surface area contributed by atoms with Gasteiger partial charge >= 0.3 is 0 Å². The van der Waals surface area contributed by atoms with Crippen molar-refractivity contribution in [1.29, 1.82) is 0 Å².